The molecule has 0 bridgehead atoms. The van der Waals surface area contributed by atoms with Crippen LogP contribution in [0.2, 0.25) is 0 Å². The number of ether oxygens (including phenoxy) is 1. The van der Waals surface area contributed by atoms with Crippen LogP contribution >= 0.6 is 0 Å². The number of aromatic hydroxyl groups is 1. The molecular weight excluding hydrogens is 266 g/mol. The van der Waals surface area contributed by atoms with Crippen molar-refractivity contribution in [3.63, 3.8) is 0 Å². The average molecular weight is 285 g/mol. The highest BCUT2D eigenvalue weighted by molar-refractivity contribution is 5.94. The molecule has 0 aliphatic rings. The van der Waals surface area contributed by atoms with Crippen molar-refractivity contribution in [2.45, 2.75) is 13.0 Å². The van der Waals surface area contributed by atoms with Gasteiger partial charge in [-0.3, -0.25) is 4.79 Å². The van der Waals surface area contributed by atoms with Crippen molar-refractivity contribution in [3.05, 3.63) is 59.7 Å². The minimum atomic E-state index is -0.232. The highest BCUT2D eigenvalue weighted by Gasteiger charge is 2.21. The standard InChI is InChI=1S/C17H19NO3/c1-12(15-9-4-5-10-16(15)19)18(2)17(20)13-7-6-8-14(11-13)21-3/h4-12,19H,1-3H3. The molecular formula is C17H19NO3. The molecule has 0 aromatic heterocycles. The molecule has 0 spiro atoms. The molecule has 2 aromatic carbocycles. The van der Waals surface area contributed by atoms with Gasteiger partial charge in [0.2, 0.25) is 0 Å². The third-order valence-corrected chi connectivity index (χ3v) is 3.60. The molecule has 0 saturated heterocycles. The molecule has 1 N–H and O–H groups in total. The first-order valence-corrected chi connectivity index (χ1v) is 6.73. The zero-order valence-electron chi connectivity index (χ0n) is 12.4. The molecule has 0 heterocycles. The summed E-state index contributed by atoms with van der Waals surface area (Å²) in [6.07, 6.45) is 0. The SMILES string of the molecule is COc1cccc(C(=O)N(C)C(C)c2ccccc2O)c1. The van der Waals surface area contributed by atoms with Crippen molar-refractivity contribution in [3.8, 4) is 11.5 Å². The summed E-state index contributed by atoms with van der Waals surface area (Å²) in [6, 6.07) is 13.8. The number of phenols is 1. The number of benzene rings is 2. The fourth-order valence-electron chi connectivity index (χ4n) is 2.19. The van der Waals surface area contributed by atoms with Crippen LogP contribution in [0.3, 0.4) is 0 Å². The molecule has 1 atom stereocenters. The molecule has 0 aliphatic carbocycles. The predicted octanol–water partition coefficient (Wildman–Crippen LogP) is 3.23. The maximum absolute atomic E-state index is 12.5. The molecule has 0 radical (unpaired) electrons. The van der Waals surface area contributed by atoms with Gasteiger partial charge in [0.15, 0.2) is 0 Å². The number of phenolic OH excluding ortho intramolecular Hbond substituents is 1. The van der Waals surface area contributed by atoms with Gasteiger partial charge in [-0.05, 0) is 31.2 Å². The smallest absolute Gasteiger partial charge is 0.254 e. The molecule has 0 fully saturated rings. The first-order valence-electron chi connectivity index (χ1n) is 6.73. The molecule has 2 aromatic rings. The van der Waals surface area contributed by atoms with Crippen LogP contribution in [0.15, 0.2) is 48.5 Å². The second kappa shape index (κ2) is 6.31. The number of methoxy groups -OCH3 is 1. The van der Waals surface area contributed by atoms with Crippen molar-refractivity contribution in [2.75, 3.05) is 14.2 Å². The van der Waals surface area contributed by atoms with E-state index in [0.29, 0.717) is 11.3 Å². The molecule has 1 amide bonds. The van der Waals surface area contributed by atoms with Crippen LogP contribution < -0.4 is 4.74 Å². The van der Waals surface area contributed by atoms with Crippen LogP contribution in [-0.4, -0.2) is 30.1 Å². The van der Waals surface area contributed by atoms with Crippen molar-refractivity contribution in [2.24, 2.45) is 0 Å². The summed E-state index contributed by atoms with van der Waals surface area (Å²) in [6.45, 7) is 1.88. The van der Waals surface area contributed by atoms with E-state index in [2.05, 4.69) is 0 Å². The largest absolute Gasteiger partial charge is 0.508 e. The van der Waals surface area contributed by atoms with E-state index in [1.807, 2.05) is 19.1 Å². The van der Waals surface area contributed by atoms with Crippen molar-refractivity contribution in [1.29, 1.82) is 0 Å². The van der Waals surface area contributed by atoms with Crippen LogP contribution in [0.1, 0.15) is 28.9 Å². The zero-order valence-corrected chi connectivity index (χ0v) is 12.4. The number of rotatable bonds is 4. The Labute approximate surface area is 124 Å². The lowest BCUT2D eigenvalue weighted by Crippen LogP contribution is -2.29. The van der Waals surface area contributed by atoms with Crippen LogP contribution in [0, 0.1) is 0 Å². The Bertz CT molecular complexity index is 639. The summed E-state index contributed by atoms with van der Waals surface area (Å²) in [5.41, 5.74) is 1.27. The van der Waals surface area contributed by atoms with E-state index in [0.717, 1.165) is 5.56 Å². The number of amides is 1. The second-order valence-corrected chi connectivity index (χ2v) is 4.88. The number of nitrogens with zero attached hydrogens (tertiary/aromatic N) is 1. The van der Waals surface area contributed by atoms with Crippen LogP contribution in [0.25, 0.3) is 0 Å². The van der Waals surface area contributed by atoms with Crippen molar-refractivity contribution < 1.29 is 14.6 Å². The van der Waals surface area contributed by atoms with Crippen LogP contribution in [0.4, 0.5) is 0 Å². The lowest BCUT2D eigenvalue weighted by atomic mass is 10.0. The normalized spacial score (nSPS) is 11.8. The van der Waals surface area contributed by atoms with Gasteiger partial charge in [0, 0.05) is 18.2 Å². The topological polar surface area (TPSA) is 49.8 Å². The predicted molar refractivity (Wildman–Crippen MR) is 81.6 cm³/mol. The van der Waals surface area contributed by atoms with Gasteiger partial charge in [-0.15, -0.1) is 0 Å². The minimum Gasteiger partial charge on any atom is -0.508 e. The molecule has 0 saturated carbocycles. The second-order valence-electron chi connectivity index (χ2n) is 4.88. The summed E-state index contributed by atoms with van der Waals surface area (Å²) in [5, 5.41) is 9.91. The van der Waals surface area contributed by atoms with Crippen LogP contribution in [-0.2, 0) is 0 Å². The fraction of sp³-hybridized carbons (Fsp3) is 0.235. The highest BCUT2D eigenvalue weighted by atomic mass is 16.5. The number of para-hydroxylation sites is 1. The zero-order chi connectivity index (χ0) is 15.4. The Balaban J connectivity index is 2.24. The van der Waals surface area contributed by atoms with E-state index < -0.39 is 0 Å². The maximum atomic E-state index is 12.5. The molecule has 2 rings (SSSR count). The van der Waals surface area contributed by atoms with E-state index in [-0.39, 0.29) is 17.7 Å². The van der Waals surface area contributed by atoms with E-state index in [4.69, 9.17) is 4.74 Å². The summed E-state index contributed by atoms with van der Waals surface area (Å²) in [4.78, 5) is 14.1. The van der Waals surface area contributed by atoms with E-state index in [1.165, 1.54) is 0 Å². The first kappa shape index (κ1) is 14.9. The lowest BCUT2D eigenvalue weighted by Gasteiger charge is -2.26. The Kier molecular flexibility index (Phi) is 4.48. The Hall–Kier alpha value is -2.49. The van der Waals surface area contributed by atoms with Gasteiger partial charge in [0.05, 0.1) is 13.2 Å². The summed E-state index contributed by atoms with van der Waals surface area (Å²) in [5.74, 6) is 0.712. The Morgan fingerprint density at radius 3 is 2.57 bits per heavy atom. The number of hydrogen-bond donors (Lipinski definition) is 1. The molecule has 4 heteroatoms. The average Bonchev–Trinajstić information content (AvgIpc) is 2.53. The molecule has 21 heavy (non-hydrogen) atoms. The van der Waals surface area contributed by atoms with Crippen LogP contribution in [0.5, 0.6) is 11.5 Å². The molecule has 1 unspecified atom stereocenters. The molecule has 110 valence electrons. The van der Waals surface area contributed by atoms with Crippen molar-refractivity contribution in [1.82, 2.24) is 4.90 Å². The van der Waals surface area contributed by atoms with Gasteiger partial charge in [0.25, 0.3) is 5.91 Å². The molecule has 4 nitrogen and oxygen atoms in total. The summed E-state index contributed by atoms with van der Waals surface area (Å²) >= 11 is 0. The lowest BCUT2D eigenvalue weighted by molar-refractivity contribution is 0.0741. The first-order chi connectivity index (χ1) is 10.0. The van der Waals surface area contributed by atoms with Gasteiger partial charge in [-0.1, -0.05) is 24.3 Å². The number of carbonyl (C=O) groups is 1. The molecule has 0 aliphatic heterocycles. The van der Waals surface area contributed by atoms with E-state index in [1.54, 1.807) is 55.5 Å². The third-order valence-electron chi connectivity index (χ3n) is 3.60. The quantitative estimate of drug-likeness (QED) is 0.938. The summed E-state index contributed by atoms with van der Waals surface area (Å²) in [7, 11) is 3.29. The monoisotopic (exact) mass is 285 g/mol. The van der Waals surface area contributed by atoms with Gasteiger partial charge < -0.3 is 14.7 Å². The fourth-order valence-corrected chi connectivity index (χ4v) is 2.19. The maximum Gasteiger partial charge on any atom is 0.254 e. The van der Waals surface area contributed by atoms with E-state index >= 15 is 0 Å². The third kappa shape index (κ3) is 3.16. The number of carbonyl (C=O) groups excluding carboxylic acids is 1. The van der Waals surface area contributed by atoms with Crippen molar-refractivity contribution >= 4 is 5.91 Å². The number of hydrogen-bond acceptors (Lipinski definition) is 3. The van der Waals surface area contributed by atoms with Gasteiger partial charge in [-0.2, -0.15) is 0 Å². The highest BCUT2D eigenvalue weighted by Crippen LogP contribution is 2.28. The van der Waals surface area contributed by atoms with Gasteiger partial charge in [-0.25, -0.2) is 0 Å². The van der Waals surface area contributed by atoms with E-state index in [9.17, 15) is 9.90 Å². The Morgan fingerprint density at radius 1 is 1.19 bits per heavy atom. The van der Waals surface area contributed by atoms with Gasteiger partial charge >= 0.3 is 0 Å². The van der Waals surface area contributed by atoms with Gasteiger partial charge in [0.1, 0.15) is 11.5 Å². The Morgan fingerprint density at radius 2 is 1.90 bits per heavy atom. The summed E-state index contributed by atoms with van der Waals surface area (Å²) < 4.78 is 5.14. The minimum absolute atomic E-state index is 0.121.